The van der Waals surface area contributed by atoms with E-state index in [2.05, 4.69) is 10.3 Å². The Kier molecular flexibility index (Phi) is 6.01. The van der Waals surface area contributed by atoms with Crippen LogP contribution in [0.4, 0.5) is 24.5 Å². The maximum atomic E-state index is 12.6. The van der Waals surface area contributed by atoms with Gasteiger partial charge in [0.1, 0.15) is 5.69 Å². The number of aliphatic hydroxyl groups is 1. The number of rotatable bonds is 7. The Morgan fingerprint density at radius 1 is 1.26 bits per heavy atom. The molecule has 0 fully saturated rings. The average Bonchev–Trinajstić information content (AvgIpc) is 2.61. The Bertz CT molecular complexity index is 920. The number of aliphatic hydroxyl groups excluding tert-OH is 1. The molecule has 1 heterocycles. The van der Waals surface area contributed by atoms with Gasteiger partial charge in [0.05, 0.1) is 22.5 Å². The van der Waals surface area contributed by atoms with Crippen LogP contribution in [0.1, 0.15) is 5.69 Å². The zero-order valence-electron chi connectivity index (χ0n) is 13.5. The number of benzene rings is 1. The van der Waals surface area contributed by atoms with Crippen molar-refractivity contribution in [1.29, 1.82) is 0 Å². The van der Waals surface area contributed by atoms with Gasteiger partial charge in [-0.2, -0.15) is 13.2 Å². The Balaban J connectivity index is 2.35. The molecule has 1 aromatic carbocycles. The summed E-state index contributed by atoms with van der Waals surface area (Å²) in [4.78, 5) is 13.0. The molecule has 0 saturated heterocycles. The molecule has 1 unspecified atom stereocenters. The number of hydrogen-bond donors (Lipinski definition) is 2. The van der Waals surface area contributed by atoms with E-state index in [0.717, 1.165) is 6.07 Å². The molecule has 0 radical (unpaired) electrons. The zero-order chi connectivity index (χ0) is 20.2. The van der Waals surface area contributed by atoms with Crippen LogP contribution in [-0.2, 0) is 16.3 Å². The van der Waals surface area contributed by atoms with Crippen LogP contribution >= 0.6 is 0 Å². The summed E-state index contributed by atoms with van der Waals surface area (Å²) in [5.41, 5.74) is -6.10. The third-order valence-corrected chi connectivity index (χ3v) is 5.03. The Morgan fingerprint density at radius 3 is 2.48 bits per heavy atom. The standard InChI is InChI=1S/C15H14F3N3O5S/c16-15(17,18)27(25,26)12-4-5-13(14(8-12)21(23)24)20-11(9-22)7-10-3-1-2-6-19-10/h1-6,8,11,20,22H,7,9H2. The number of halogens is 3. The summed E-state index contributed by atoms with van der Waals surface area (Å²) in [5, 5.41) is 23.3. The number of sulfone groups is 1. The Morgan fingerprint density at radius 2 is 1.96 bits per heavy atom. The second-order valence-electron chi connectivity index (χ2n) is 5.43. The fourth-order valence-corrected chi connectivity index (χ4v) is 3.02. The van der Waals surface area contributed by atoms with E-state index in [-0.39, 0.29) is 12.1 Å². The van der Waals surface area contributed by atoms with Crippen molar-refractivity contribution >= 4 is 21.2 Å². The first-order valence-electron chi connectivity index (χ1n) is 7.43. The van der Waals surface area contributed by atoms with Crippen LogP contribution in [0.2, 0.25) is 0 Å². The molecular formula is C15H14F3N3O5S. The lowest BCUT2D eigenvalue weighted by molar-refractivity contribution is -0.384. The topological polar surface area (TPSA) is 122 Å². The molecule has 2 rings (SSSR count). The number of nitro benzene ring substituents is 1. The van der Waals surface area contributed by atoms with E-state index in [9.17, 15) is 36.8 Å². The van der Waals surface area contributed by atoms with Crippen molar-refractivity contribution in [2.75, 3.05) is 11.9 Å². The summed E-state index contributed by atoms with van der Waals surface area (Å²) < 4.78 is 60.8. The van der Waals surface area contributed by atoms with E-state index in [1.807, 2.05) is 0 Å². The first-order valence-corrected chi connectivity index (χ1v) is 8.91. The lowest BCUT2D eigenvalue weighted by Gasteiger charge is -2.18. The smallest absolute Gasteiger partial charge is 0.394 e. The molecule has 2 aromatic rings. The molecule has 0 aliphatic rings. The lowest BCUT2D eigenvalue weighted by atomic mass is 10.1. The summed E-state index contributed by atoms with van der Waals surface area (Å²) >= 11 is 0. The van der Waals surface area contributed by atoms with Crippen LogP contribution in [0.3, 0.4) is 0 Å². The fraction of sp³-hybridized carbons (Fsp3) is 0.267. The van der Waals surface area contributed by atoms with Gasteiger partial charge < -0.3 is 10.4 Å². The van der Waals surface area contributed by atoms with E-state index >= 15 is 0 Å². The van der Waals surface area contributed by atoms with Crippen LogP contribution in [-0.4, -0.2) is 41.6 Å². The van der Waals surface area contributed by atoms with Gasteiger partial charge in [0.2, 0.25) is 0 Å². The van der Waals surface area contributed by atoms with Crippen molar-refractivity contribution in [2.45, 2.75) is 22.9 Å². The van der Waals surface area contributed by atoms with Gasteiger partial charge in [-0.15, -0.1) is 0 Å². The first kappa shape index (κ1) is 20.6. The first-order chi connectivity index (χ1) is 12.6. The molecule has 0 saturated carbocycles. The summed E-state index contributed by atoms with van der Waals surface area (Å²) in [6, 6.07) is 6.12. The summed E-state index contributed by atoms with van der Waals surface area (Å²) in [5.74, 6) is 0. The average molecular weight is 405 g/mol. The second kappa shape index (κ2) is 7.88. The lowest BCUT2D eigenvalue weighted by Crippen LogP contribution is -2.27. The zero-order valence-corrected chi connectivity index (χ0v) is 14.4. The van der Waals surface area contributed by atoms with Crippen LogP contribution in [0, 0.1) is 10.1 Å². The monoisotopic (exact) mass is 405 g/mol. The minimum Gasteiger partial charge on any atom is -0.394 e. The number of nitro groups is 1. The number of nitrogens with zero attached hydrogens (tertiary/aromatic N) is 2. The third-order valence-electron chi connectivity index (χ3n) is 3.54. The van der Waals surface area contributed by atoms with Crippen molar-refractivity contribution in [2.24, 2.45) is 0 Å². The van der Waals surface area contributed by atoms with Crippen molar-refractivity contribution < 1.29 is 31.6 Å². The van der Waals surface area contributed by atoms with E-state index in [1.165, 1.54) is 6.20 Å². The molecular weight excluding hydrogens is 391 g/mol. The highest BCUT2D eigenvalue weighted by Gasteiger charge is 2.47. The number of pyridine rings is 1. The van der Waals surface area contributed by atoms with Gasteiger partial charge in [0.25, 0.3) is 15.5 Å². The van der Waals surface area contributed by atoms with Gasteiger partial charge in [-0.05, 0) is 24.3 Å². The number of anilines is 1. The maximum absolute atomic E-state index is 12.6. The minimum absolute atomic E-state index is 0.178. The predicted molar refractivity (Wildman–Crippen MR) is 88.8 cm³/mol. The van der Waals surface area contributed by atoms with Crippen molar-refractivity contribution in [3.8, 4) is 0 Å². The Hall–Kier alpha value is -2.73. The number of alkyl halides is 3. The van der Waals surface area contributed by atoms with Crippen LogP contribution < -0.4 is 5.32 Å². The van der Waals surface area contributed by atoms with Crippen LogP contribution in [0.25, 0.3) is 0 Å². The summed E-state index contributed by atoms with van der Waals surface area (Å²) in [6.07, 6.45) is 1.69. The predicted octanol–water partition coefficient (Wildman–Crippen LogP) is 2.30. The number of aromatic nitrogens is 1. The minimum atomic E-state index is -5.72. The van der Waals surface area contributed by atoms with Gasteiger partial charge in [-0.1, -0.05) is 6.07 Å². The molecule has 0 amide bonds. The highest BCUT2D eigenvalue weighted by Crippen LogP contribution is 2.35. The quantitative estimate of drug-likeness (QED) is 0.535. The highest BCUT2D eigenvalue weighted by atomic mass is 32.2. The molecule has 0 bridgehead atoms. The summed E-state index contributed by atoms with van der Waals surface area (Å²) in [7, 11) is -5.72. The molecule has 1 atom stereocenters. The molecule has 0 aliphatic heterocycles. The second-order valence-corrected chi connectivity index (χ2v) is 7.38. The molecule has 146 valence electrons. The molecule has 2 N–H and O–H groups in total. The van der Waals surface area contributed by atoms with Crippen molar-refractivity contribution in [1.82, 2.24) is 4.98 Å². The molecule has 12 heteroatoms. The Labute approximate surface area is 151 Å². The SMILES string of the molecule is O=[N+]([O-])c1cc(S(=O)(=O)C(F)(F)F)ccc1NC(CO)Cc1ccccn1. The van der Waals surface area contributed by atoms with Gasteiger partial charge in [-0.25, -0.2) is 8.42 Å². The third kappa shape index (κ3) is 4.71. The maximum Gasteiger partial charge on any atom is 0.501 e. The van der Waals surface area contributed by atoms with Gasteiger partial charge >= 0.3 is 5.51 Å². The van der Waals surface area contributed by atoms with Gasteiger partial charge in [0.15, 0.2) is 0 Å². The largest absolute Gasteiger partial charge is 0.501 e. The van der Waals surface area contributed by atoms with Crippen molar-refractivity contribution in [3.63, 3.8) is 0 Å². The number of hydrogen-bond acceptors (Lipinski definition) is 7. The van der Waals surface area contributed by atoms with E-state index in [4.69, 9.17) is 0 Å². The van der Waals surface area contributed by atoms with Crippen molar-refractivity contribution in [3.05, 3.63) is 58.4 Å². The molecule has 0 aliphatic carbocycles. The normalized spacial score (nSPS) is 13.2. The highest BCUT2D eigenvalue weighted by molar-refractivity contribution is 7.92. The van der Waals surface area contributed by atoms with Gasteiger partial charge in [0, 0.05) is 24.4 Å². The molecule has 27 heavy (non-hydrogen) atoms. The molecule has 8 nitrogen and oxygen atoms in total. The van der Waals surface area contributed by atoms with E-state index in [0.29, 0.717) is 17.8 Å². The van der Waals surface area contributed by atoms with Crippen LogP contribution in [0.15, 0.2) is 47.5 Å². The van der Waals surface area contributed by atoms with Gasteiger partial charge in [-0.3, -0.25) is 15.1 Å². The number of nitrogens with one attached hydrogen (secondary N) is 1. The molecule has 1 aromatic heterocycles. The molecule has 0 spiro atoms. The van der Waals surface area contributed by atoms with E-state index < -0.39 is 43.5 Å². The van der Waals surface area contributed by atoms with Crippen LogP contribution in [0.5, 0.6) is 0 Å². The fourth-order valence-electron chi connectivity index (χ4n) is 2.24. The van der Waals surface area contributed by atoms with E-state index in [1.54, 1.807) is 18.2 Å². The summed E-state index contributed by atoms with van der Waals surface area (Å²) in [6.45, 7) is -0.448.